The van der Waals surface area contributed by atoms with Gasteiger partial charge in [-0.2, -0.15) is 0 Å². The summed E-state index contributed by atoms with van der Waals surface area (Å²) in [5, 5.41) is 10.7. The fraction of sp³-hybridized carbons (Fsp3) is 0.286. The van der Waals surface area contributed by atoms with E-state index < -0.39 is 4.92 Å². The van der Waals surface area contributed by atoms with Crippen molar-refractivity contribution in [3.05, 3.63) is 87.5 Å². The van der Waals surface area contributed by atoms with Gasteiger partial charge in [0.25, 0.3) is 5.69 Å². The van der Waals surface area contributed by atoms with Crippen LogP contribution in [-0.4, -0.2) is 35.2 Å². The van der Waals surface area contributed by atoms with E-state index in [0.29, 0.717) is 18.5 Å². The molecular formula is C21H22N2O3. The summed E-state index contributed by atoms with van der Waals surface area (Å²) in [6.07, 6.45) is 4.73. The van der Waals surface area contributed by atoms with Gasteiger partial charge in [0.1, 0.15) is 0 Å². The molecule has 0 unspecified atom stereocenters. The Morgan fingerprint density at radius 3 is 2.42 bits per heavy atom. The maximum atomic E-state index is 12.3. The largest absolute Gasteiger partial charge is 0.299 e. The van der Waals surface area contributed by atoms with Gasteiger partial charge in [-0.3, -0.25) is 19.8 Å². The van der Waals surface area contributed by atoms with Crippen LogP contribution in [-0.2, 0) is 6.42 Å². The van der Waals surface area contributed by atoms with Gasteiger partial charge in [0.15, 0.2) is 5.78 Å². The highest BCUT2D eigenvalue weighted by Crippen LogP contribution is 2.17. The summed E-state index contributed by atoms with van der Waals surface area (Å²) in [5.74, 6) is 0.0268. The molecule has 3 rings (SSSR count). The van der Waals surface area contributed by atoms with Crippen LogP contribution in [0, 0.1) is 10.1 Å². The summed E-state index contributed by atoms with van der Waals surface area (Å²) in [6, 6.07) is 16.3. The van der Waals surface area contributed by atoms with Gasteiger partial charge in [-0.05, 0) is 30.5 Å². The van der Waals surface area contributed by atoms with E-state index >= 15 is 0 Å². The maximum Gasteiger partial charge on any atom is 0.269 e. The summed E-state index contributed by atoms with van der Waals surface area (Å²) in [7, 11) is 0. The molecule has 2 aromatic carbocycles. The Kier molecular flexibility index (Phi) is 5.92. The molecule has 0 saturated heterocycles. The second-order valence-corrected chi connectivity index (χ2v) is 6.55. The zero-order chi connectivity index (χ0) is 18.4. The highest BCUT2D eigenvalue weighted by atomic mass is 16.6. The fourth-order valence-electron chi connectivity index (χ4n) is 3.15. The molecule has 0 atom stereocenters. The fourth-order valence-corrected chi connectivity index (χ4v) is 3.15. The number of Topliss-reactive ketones (excluding diaryl/α,β-unsaturated/α-hetero) is 1. The van der Waals surface area contributed by atoms with Crippen LogP contribution in [0.15, 0.2) is 66.2 Å². The Labute approximate surface area is 153 Å². The van der Waals surface area contributed by atoms with Crippen LogP contribution in [0.4, 0.5) is 5.69 Å². The monoisotopic (exact) mass is 350 g/mol. The van der Waals surface area contributed by atoms with Crippen molar-refractivity contribution in [2.24, 2.45) is 0 Å². The van der Waals surface area contributed by atoms with Gasteiger partial charge >= 0.3 is 0 Å². The van der Waals surface area contributed by atoms with Crippen molar-refractivity contribution in [3.63, 3.8) is 0 Å². The Hall–Kier alpha value is -2.79. The molecule has 134 valence electrons. The standard InChI is InChI=1S/C21H22N2O3/c24-21(19-6-8-20(9-7-19)23(25)26)12-15-22-13-10-18(11-14-22)16-17-4-2-1-3-5-17/h1-10H,11-16H2. The summed E-state index contributed by atoms with van der Waals surface area (Å²) in [5.41, 5.74) is 3.33. The molecule has 0 aromatic heterocycles. The molecule has 0 aliphatic carbocycles. The maximum absolute atomic E-state index is 12.3. The van der Waals surface area contributed by atoms with E-state index in [1.54, 1.807) is 0 Å². The van der Waals surface area contributed by atoms with E-state index in [4.69, 9.17) is 0 Å². The molecule has 1 heterocycles. The molecule has 0 amide bonds. The van der Waals surface area contributed by atoms with Crippen molar-refractivity contribution in [2.45, 2.75) is 19.3 Å². The van der Waals surface area contributed by atoms with Gasteiger partial charge in [0.2, 0.25) is 0 Å². The molecule has 0 radical (unpaired) electrons. The second-order valence-electron chi connectivity index (χ2n) is 6.55. The second kappa shape index (κ2) is 8.54. The van der Waals surface area contributed by atoms with Crippen molar-refractivity contribution >= 4 is 11.5 Å². The van der Waals surface area contributed by atoms with Gasteiger partial charge in [-0.25, -0.2) is 0 Å². The third-order valence-corrected chi connectivity index (χ3v) is 4.72. The SMILES string of the molecule is O=C(CCN1CC=C(Cc2ccccc2)CC1)c1ccc([N+](=O)[O-])cc1. The average Bonchev–Trinajstić information content (AvgIpc) is 2.68. The Bertz CT molecular complexity index is 798. The average molecular weight is 350 g/mol. The molecule has 1 aliphatic rings. The van der Waals surface area contributed by atoms with Crippen LogP contribution in [0.3, 0.4) is 0 Å². The molecule has 0 saturated carbocycles. The number of nitro benzene ring substituents is 1. The van der Waals surface area contributed by atoms with Gasteiger partial charge < -0.3 is 0 Å². The number of non-ortho nitro benzene ring substituents is 1. The minimum Gasteiger partial charge on any atom is -0.299 e. The molecular weight excluding hydrogens is 328 g/mol. The number of benzene rings is 2. The van der Waals surface area contributed by atoms with Crippen molar-refractivity contribution in [3.8, 4) is 0 Å². The molecule has 26 heavy (non-hydrogen) atoms. The van der Waals surface area contributed by atoms with Crippen LogP contribution >= 0.6 is 0 Å². The van der Waals surface area contributed by atoms with Crippen molar-refractivity contribution in [1.82, 2.24) is 4.90 Å². The lowest BCUT2D eigenvalue weighted by atomic mass is 9.99. The highest BCUT2D eigenvalue weighted by molar-refractivity contribution is 5.96. The lowest BCUT2D eigenvalue weighted by Gasteiger charge is -2.26. The number of carbonyl (C=O) groups is 1. The van der Waals surface area contributed by atoms with E-state index in [2.05, 4.69) is 35.2 Å². The van der Waals surface area contributed by atoms with Crippen molar-refractivity contribution < 1.29 is 9.72 Å². The summed E-state index contributed by atoms with van der Waals surface area (Å²) in [4.78, 5) is 24.7. The number of nitro groups is 1. The molecule has 0 N–H and O–H groups in total. The molecule has 1 aliphatic heterocycles. The van der Waals surface area contributed by atoms with Crippen LogP contribution in [0.2, 0.25) is 0 Å². The van der Waals surface area contributed by atoms with Gasteiger partial charge in [0, 0.05) is 43.8 Å². The molecule has 0 bridgehead atoms. The Morgan fingerprint density at radius 1 is 1.08 bits per heavy atom. The summed E-state index contributed by atoms with van der Waals surface area (Å²) >= 11 is 0. The van der Waals surface area contributed by atoms with Gasteiger partial charge in [0.05, 0.1) is 4.92 Å². The lowest BCUT2D eigenvalue weighted by molar-refractivity contribution is -0.384. The quantitative estimate of drug-likeness (QED) is 0.327. The van der Waals surface area contributed by atoms with Crippen LogP contribution in [0.25, 0.3) is 0 Å². The number of hydrogen-bond donors (Lipinski definition) is 0. The third-order valence-electron chi connectivity index (χ3n) is 4.72. The van der Waals surface area contributed by atoms with Crippen LogP contribution in [0.5, 0.6) is 0 Å². The summed E-state index contributed by atoms with van der Waals surface area (Å²) < 4.78 is 0. The van der Waals surface area contributed by atoms with E-state index in [1.807, 2.05) is 6.07 Å². The topological polar surface area (TPSA) is 63.5 Å². The normalized spacial score (nSPS) is 14.7. The predicted octanol–water partition coefficient (Wildman–Crippen LogP) is 4.04. The highest BCUT2D eigenvalue weighted by Gasteiger charge is 2.15. The van der Waals surface area contributed by atoms with Crippen molar-refractivity contribution in [1.29, 1.82) is 0 Å². The minimum atomic E-state index is -0.457. The first kappa shape index (κ1) is 18.0. The molecule has 5 heteroatoms. The smallest absolute Gasteiger partial charge is 0.269 e. The zero-order valence-electron chi connectivity index (χ0n) is 14.6. The number of rotatable bonds is 7. The number of hydrogen-bond acceptors (Lipinski definition) is 4. The number of ketones is 1. The third kappa shape index (κ3) is 4.86. The zero-order valence-corrected chi connectivity index (χ0v) is 14.6. The van der Waals surface area contributed by atoms with Crippen LogP contribution in [0.1, 0.15) is 28.8 Å². The van der Waals surface area contributed by atoms with E-state index in [9.17, 15) is 14.9 Å². The summed E-state index contributed by atoms with van der Waals surface area (Å²) in [6.45, 7) is 2.55. The molecule has 0 fully saturated rings. The first-order valence-electron chi connectivity index (χ1n) is 8.83. The number of nitrogens with zero attached hydrogens (tertiary/aromatic N) is 2. The first-order chi connectivity index (χ1) is 12.6. The minimum absolute atomic E-state index is 0.00802. The Balaban J connectivity index is 1.47. The molecule has 5 nitrogen and oxygen atoms in total. The van der Waals surface area contributed by atoms with E-state index in [1.165, 1.54) is 35.4 Å². The van der Waals surface area contributed by atoms with E-state index in [-0.39, 0.29) is 11.5 Å². The lowest BCUT2D eigenvalue weighted by Crippen LogP contribution is -2.31. The van der Waals surface area contributed by atoms with Crippen molar-refractivity contribution in [2.75, 3.05) is 19.6 Å². The van der Waals surface area contributed by atoms with E-state index in [0.717, 1.165) is 25.9 Å². The predicted molar refractivity (Wildman–Crippen MR) is 101 cm³/mol. The molecule has 2 aromatic rings. The first-order valence-corrected chi connectivity index (χ1v) is 8.83. The molecule has 0 spiro atoms. The van der Waals surface area contributed by atoms with Gasteiger partial charge in [-0.1, -0.05) is 42.0 Å². The number of carbonyl (C=O) groups excluding carboxylic acids is 1. The van der Waals surface area contributed by atoms with Gasteiger partial charge in [-0.15, -0.1) is 0 Å². The Morgan fingerprint density at radius 2 is 1.81 bits per heavy atom. The van der Waals surface area contributed by atoms with Crippen LogP contribution < -0.4 is 0 Å².